The molecule has 20 heavy (non-hydrogen) atoms. The maximum absolute atomic E-state index is 12.2. The number of anilines is 2. The molecule has 0 unspecified atom stereocenters. The first-order valence-electron chi connectivity index (χ1n) is 6.33. The number of benzene rings is 1. The zero-order chi connectivity index (χ0) is 14.5. The van der Waals surface area contributed by atoms with Gasteiger partial charge in [0.1, 0.15) is 6.04 Å². The lowest BCUT2D eigenvalue weighted by atomic mass is 10.1. The van der Waals surface area contributed by atoms with Gasteiger partial charge in [-0.25, -0.2) is 4.98 Å². The van der Waals surface area contributed by atoms with Crippen molar-refractivity contribution in [1.29, 1.82) is 0 Å². The first-order valence-corrected chi connectivity index (χ1v) is 7.59. The van der Waals surface area contributed by atoms with Gasteiger partial charge in [-0.1, -0.05) is 24.6 Å². The van der Waals surface area contributed by atoms with Crippen LogP contribution in [0.2, 0.25) is 5.02 Å². The molecule has 1 heterocycles. The average molecular weight is 310 g/mol. The molecule has 0 saturated heterocycles. The van der Waals surface area contributed by atoms with Crippen molar-refractivity contribution in [3.8, 4) is 0 Å². The Morgan fingerprint density at radius 1 is 1.50 bits per heavy atom. The summed E-state index contributed by atoms with van der Waals surface area (Å²) in [7, 11) is 0. The van der Waals surface area contributed by atoms with Crippen LogP contribution in [0.3, 0.4) is 0 Å². The molecule has 0 saturated carbocycles. The maximum Gasteiger partial charge on any atom is 0.248 e. The first kappa shape index (κ1) is 14.8. The van der Waals surface area contributed by atoms with Gasteiger partial charge in [0, 0.05) is 22.3 Å². The number of hydrogen-bond donors (Lipinski definition) is 2. The Bertz CT molecular complexity index is 586. The van der Waals surface area contributed by atoms with Crippen molar-refractivity contribution in [2.45, 2.75) is 26.3 Å². The molecular formula is C14H16ClN3OS. The predicted octanol–water partition coefficient (Wildman–Crippen LogP) is 3.93. The van der Waals surface area contributed by atoms with E-state index < -0.39 is 0 Å². The number of carbonyl (C=O) groups excluding carboxylic acids is 1. The predicted molar refractivity (Wildman–Crippen MR) is 84.6 cm³/mol. The van der Waals surface area contributed by atoms with E-state index >= 15 is 0 Å². The Morgan fingerprint density at radius 2 is 2.30 bits per heavy atom. The van der Waals surface area contributed by atoms with Crippen LogP contribution in [0.25, 0.3) is 0 Å². The molecule has 0 aliphatic rings. The number of halogens is 1. The molecule has 2 aromatic rings. The molecular weight excluding hydrogens is 294 g/mol. The molecule has 2 N–H and O–H groups in total. The van der Waals surface area contributed by atoms with E-state index in [1.54, 1.807) is 6.20 Å². The highest BCUT2D eigenvalue weighted by Crippen LogP contribution is 2.22. The number of aromatic nitrogens is 1. The second-order valence-electron chi connectivity index (χ2n) is 4.39. The summed E-state index contributed by atoms with van der Waals surface area (Å²) in [5.41, 5.74) is 1.92. The Hall–Kier alpha value is -1.59. The molecule has 2 rings (SSSR count). The van der Waals surface area contributed by atoms with Gasteiger partial charge in [-0.3, -0.25) is 4.79 Å². The number of carbonyl (C=O) groups is 1. The molecule has 0 spiro atoms. The third kappa shape index (κ3) is 3.71. The fraction of sp³-hybridized carbons (Fsp3) is 0.286. The molecule has 1 aromatic heterocycles. The normalized spacial score (nSPS) is 11.9. The number of nitrogens with zero attached hydrogens (tertiary/aromatic N) is 1. The molecule has 4 nitrogen and oxygen atoms in total. The molecule has 0 radical (unpaired) electrons. The van der Waals surface area contributed by atoms with Crippen LogP contribution in [0.1, 0.15) is 18.9 Å². The second-order valence-corrected chi connectivity index (χ2v) is 5.72. The minimum atomic E-state index is -0.323. The van der Waals surface area contributed by atoms with Gasteiger partial charge in [-0.15, -0.1) is 11.3 Å². The fourth-order valence-electron chi connectivity index (χ4n) is 1.77. The lowest BCUT2D eigenvalue weighted by Crippen LogP contribution is -2.34. The average Bonchev–Trinajstić information content (AvgIpc) is 2.92. The summed E-state index contributed by atoms with van der Waals surface area (Å²) in [6.07, 6.45) is 2.33. The third-order valence-electron chi connectivity index (χ3n) is 2.92. The number of thiazole rings is 1. The van der Waals surface area contributed by atoms with E-state index in [-0.39, 0.29) is 11.9 Å². The van der Waals surface area contributed by atoms with E-state index in [4.69, 9.17) is 11.6 Å². The molecule has 1 amide bonds. The van der Waals surface area contributed by atoms with E-state index in [1.807, 2.05) is 37.4 Å². The van der Waals surface area contributed by atoms with Crippen LogP contribution in [0.4, 0.5) is 10.8 Å². The van der Waals surface area contributed by atoms with Gasteiger partial charge < -0.3 is 10.6 Å². The van der Waals surface area contributed by atoms with Gasteiger partial charge in [0.15, 0.2) is 5.13 Å². The first-order chi connectivity index (χ1) is 9.60. The molecule has 0 aliphatic carbocycles. The minimum absolute atomic E-state index is 0.0955. The Morgan fingerprint density at radius 3 is 2.95 bits per heavy atom. The van der Waals surface area contributed by atoms with E-state index in [2.05, 4.69) is 15.6 Å². The van der Waals surface area contributed by atoms with Crippen molar-refractivity contribution in [2.75, 3.05) is 10.6 Å². The Labute approximate surface area is 127 Å². The van der Waals surface area contributed by atoms with Crippen LogP contribution < -0.4 is 10.6 Å². The lowest BCUT2D eigenvalue weighted by Gasteiger charge is -2.18. The highest BCUT2D eigenvalue weighted by molar-refractivity contribution is 7.13. The van der Waals surface area contributed by atoms with Crippen LogP contribution in [0.15, 0.2) is 29.8 Å². The van der Waals surface area contributed by atoms with Gasteiger partial charge in [0.25, 0.3) is 0 Å². The quantitative estimate of drug-likeness (QED) is 0.879. The topological polar surface area (TPSA) is 54.0 Å². The van der Waals surface area contributed by atoms with Crippen LogP contribution >= 0.6 is 22.9 Å². The number of nitrogens with one attached hydrogen (secondary N) is 2. The number of rotatable bonds is 5. The van der Waals surface area contributed by atoms with E-state index in [9.17, 15) is 4.79 Å². The van der Waals surface area contributed by atoms with E-state index in [0.29, 0.717) is 16.6 Å². The molecule has 0 bridgehead atoms. The van der Waals surface area contributed by atoms with Crippen molar-refractivity contribution in [2.24, 2.45) is 0 Å². The summed E-state index contributed by atoms with van der Waals surface area (Å²) in [4.78, 5) is 16.3. The smallest absolute Gasteiger partial charge is 0.248 e. The molecule has 106 valence electrons. The van der Waals surface area contributed by atoms with Crippen molar-refractivity contribution < 1.29 is 4.79 Å². The standard InChI is InChI=1S/C14H16ClN3OS/c1-3-11(13(19)18-14-16-6-7-20-14)17-12-8-10(15)5-4-9(12)2/h4-8,11,17H,3H2,1-2H3,(H,16,18,19)/t11-/m1/s1. The highest BCUT2D eigenvalue weighted by atomic mass is 35.5. The van der Waals surface area contributed by atoms with Gasteiger partial charge in [0.2, 0.25) is 5.91 Å². The summed E-state index contributed by atoms with van der Waals surface area (Å²) in [6.45, 7) is 3.93. The van der Waals surface area contributed by atoms with Gasteiger partial charge in [-0.05, 0) is 31.0 Å². The largest absolute Gasteiger partial charge is 0.373 e. The van der Waals surface area contributed by atoms with Crippen LogP contribution in [-0.4, -0.2) is 16.9 Å². The van der Waals surface area contributed by atoms with Gasteiger partial charge in [0.05, 0.1) is 0 Å². The SMILES string of the molecule is CC[C@@H](Nc1cc(Cl)ccc1C)C(=O)Nc1nccs1. The zero-order valence-electron chi connectivity index (χ0n) is 11.3. The highest BCUT2D eigenvalue weighted by Gasteiger charge is 2.18. The van der Waals surface area contributed by atoms with Crippen LogP contribution in [0.5, 0.6) is 0 Å². The lowest BCUT2D eigenvalue weighted by molar-refractivity contribution is -0.116. The second kappa shape index (κ2) is 6.72. The van der Waals surface area contributed by atoms with Crippen LogP contribution in [0, 0.1) is 6.92 Å². The summed E-state index contributed by atoms with van der Waals surface area (Å²) < 4.78 is 0. The maximum atomic E-state index is 12.2. The summed E-state index contributed by atoms with van der Waals surface area (Å²) in [5, 5.41) is 9.11. The van der Waals surface area contributed by atoms with Crippen molar-refractivity contribution in [3.63, 3.8) is 0 Å². The third-order valence-corrected chi connectivity index (χ3v) is 3.84. The zero-order valence-corrected chi connectivity index (χ0v) is 12.9. The van der Waals surface area contributed by atoms with E-state index in [0.717, 1.165) is 11.3 Å². The van der Waals surface area contributed by atoms with Gasteiger partial charge in [-0.2, -0.15) is 0 Å². The van der Waals surface area contributed by atoms with Crippen molar-refractivity contribution in [1.82, 2.24) is 4.98 Å². The Kier molecular flexibility index (Phi) is 4.98. The van der Waals surface area contributed by atoms with Gasteiger partial charge >= 0.3 is 0 Å². The monoisotopic (exact) mass is 309 g/mol. The summed E-state index contributed by atoms with van der Waals surface area (Å²) >= 11 is 7.39. The molecule has 6 heteroatoms. The molecule has 0 fully saturated rings. The van der Waals surface area contributed by atoms with Crippen molar-refractivity contribution in [3.05, 3.63) is 40.4 Å². The Balaban J connectivity index is 2.08. The number of aryl methyl sites for hydroxylation is 1. The van der Waals surface area contributed by atoms with Crippen LogP contribution in [-0.2, 0) is 4.79 Å². The van der Waals surface area contributed by atoms with Crippen molar-refractivity contribution >= 4 is 39.7 Å². The molecule has 1 atom stereocenters. The number of amides is 1. The van der Waals surface area contributed by atoms with E-state index in [1.165, 1.54) is 11.3 Å². The molecule has 1 aromatic carbocycles. The minimum Gasteiger partial charge on any atom is -0.373 e. The molecule has 0 aliphatic heterocycles. The number of hydrogen-bond acceptors (Lipinski definition) is 4. The fourth-order valence-corrected chi connectivity index (χ4v) is 2.47. The summed E-state index contributed by atoms with van der Waals surface area (Å²) in [6, 6.07) is 5.27. The summed E-state index contributed by atoms with van der Waals surface area (Å²) in [5.74, 6) is -0.0955.